The van der Waals surface area contributed by atoms with Crippen molar-refractivity contribution in [1.82, 2.24) is 0 Å². The van der Waals surface area contributed by atoms with Crippen molar-refractivity contribution in [2.24, 2.45) is 5.92 Å². The van der Waals surface area contributed by atoms with Crippen molar-refractivity contribution in [1.29, 1.82) is 0 Å². The first-order chi connectivity index (χ1) is 12.1. The number of carboxylic acid groups (broad SMARTS) is 1. The maximum absolute atomic E-state index is 11.6. The molecule has 0 amide bonds. The van der Waals surface area contributed by atoms with Gasteiger partial charge in [-0.2, -0.15) is 0 Å². The Morgan fingerprint density at radius 2 is 1.72 bits per heavy atom. The van der Waals surface area contributed by atoms with Crippen LogP contribution in [0.4, 0.5) is 0 Å². The van der Waals surface area contributed by atoms with Gasteiger partial charge in [0.25, 0.3) is 0 Å². The molecule has 1 saturated heterocycles. The summed E-state index contributed by atoms with van der Waals surface area (Å²) >= 11 is 0. The second-order valence-corrected chi connectivity index (χ2v) is 11.7. The second kappa shape index (κ2) is 13.4. The van der Waals surface area contributed by atoms with Crippen LogP contribution < -0.4 is 0 Å². The zero-order valence-electron chi connectivity index (χ0n) is 15.8. The molecule has 1 aliphatic rings. The average Bonchev–Trinajstić information content (AvgIpc) is 3.07. The van der Waals surface area contributed by atoms with Gasteiger partial charge < -0.3 is 18.4 Å². The van der Waals surface area contributed by atoms with Gasteiger partial charge in [-0.25, -0.2) is 0 Å². The lowest BCUT2D eigenvalue weighted by atomic mass is 9.96. The van der Waals surface area contributed by atoms with Gasteiger partial charge in [-0.3, -0.25) is 4.79 Å². The molecular weight excluding hydrogens is 376 g/mol. The molecule has 25 heavy (non-hydrogen) atoms. The molecular formula is C17H34O5S2Si. The fourth-order valence-electron chi connectivity index (χ4n) is 3.11. The average molecular weight is 411 g/mol. The van der Waals surface area contributed by atoms with E-state index in [9.17, 15) is 9.90 Å². The molecule has 2 unspecified atom stereocenters. The quantitative estimate of drug-likeness (QED) is 0.306. The summed E-state index contributed by atoms with van der Waals surface area (Å²) in [5, 5.41) is 10.2. The van der Waals surface area contributed by atoms with E-state index in [1.165, 1.54) is 12.2 Å². The number of carboxylic acids is 1. The summed E-state index contributed by atoms with van der Waals surface area (Å²) in [5.41, 5.74) is 0. The third kappa shape index (κ3) is 9.15. The number of aliphatic carboxylic acids is 1. The van der Waals surface area contributed by atoms with E-state index in [-0.39, 0.29) is 5.92 Å². The lowest BCUT2D eigenvalue weighted by Gasteiger charge is -2.28. The Labute approximate surface area is 161 Å². The van der Waals surface area contributed by atoms with Crippen LogP contribution in [0.25, 0.3) is 0 Å². The predicted molar refractivity (Wildman–Crippen MR) is 108 cm³/mol. The molecule has 148 valence electrons. The summed E-state index contributed by atoms with van der Waals surface area (Å²) in [4.78, 5) is 11.6. The molecule has 1 aliphatic heterocycles. The van der Waals surface area contributed by atoms with Crippen LogP contribution in [-0.2, 0) is 18.1 Å². The molecule has 8 heteroatoms. The summed E-state index contributed by atoms with van der Waals surface area (Å²) in [5.74, 6) is 0.289. The van der Waals surface area contributed by atoms with Gasteiger partial charge >= 0.3 is 14.8 Å². The van der Waals surface area contributed by atoms with E-state index in [1.807, 2.05) is 42.4 Å². The topological polar surface area (TPSA) is 65.0 Å². The highest BCUT2D eigenvalue weighted by molar-refractivity contribution is 8.77. The first-order valence-corrected chi connectivity index (χ1v) is 13.8. The van der Waals surface area contributed by atoms with Crippen molar-refractivity contribution in [3.8, 4) is 0 Å². The SMILES string of the molecule is CCO[Si](CCCC(CCCC1CCSS1)C(=O)O)(OCC)OCC. The monoisotopic (exact) mass is 410 g/mol. The summed E-state index contributed by atoms with van der Waals surface area (Å²) in [6, 6.07) is 0.696. The van der Waals surface area contributed by atoms with E-state index in [0.29, 0.717) is 37.5 Å². The van der Waals surface area contributed by atoms with Gasteiger partial charge in [0.15, 0.2) is 0 Å². The third-order valence-electron chi connectivity index (χ3n) is 4.28. The largest absolute Gasteiger partial charge is 0.500 e. The van der Waals surface area contributed by atoms with Crippen molar-refractivity contribution >= 4 is 36.4 Å². The first kappa shape index (κ1) is 23.3. The van der Waals surface area contributed by atoms with Crippen molar-refractivity contribution in [2.75, 3.05) is 25.6 Å². The third-order valence-corrected chi connectivity index (χ3v) is 10.4. The van der Waals surface area contributed by atoms with Crippen LogP contribution in [0.2, 0.25) is 6.04 Å². The Morgan fingerprint density at radius 1 is 1.12 bits per heavy atom. The smallest absolute Gasteiger partial charge is 0.481 e. The lowest BCUT2D eigenvalue weighted by molar-refractivity contribution is -0.142. The molecule has 1 fully saturated rings. The van der Waals surface area contributed by atoms with Crippen LogP contribution in [0, 0.1) is 5.92 Å². The molecule has 2 atom stereocenters. The van der Waals surface area contributed by atoms with Gasteiger partial charge in [0.2, 0.25) is 0 Å². The fourth-order valence-corrected chi connectivity index (χ4v) is 8.78. The maximum atomic E-state index is 11.6. The molecule has 1 N–H and O–H groups in total. The van der Waals surface area contributed by atoms with Crippen molar-refractivity contribution in [3.63, 3.8) is 0 Å². The van der Waals surface area contributed by atoms with Crippen LogP contribution in [0.1, 0.15) is 59.3 Å². The van der Waals surface area contributed by atoms with E-state index >= 15 is 0 Å². The highest BCUT2D eigenvalue weighted by Crippen LogP contribution is 2.40. The molecule has 0 aromatic rings. The zero-order chi connectivity index (χ0) is 18.5. The van der Waals surface area contributed by atoms with Gasteiger partial charge in [-0.05, 0) is 52.9 Å². The zero-order valence-corrected chi connectivity index (χ0v) is 18.5. The molecule has 1 rings (SSSR count). The van der Waals surface area contributed by atoms with Gasteiger partial charge in [-0.15, -0.1) is 0 Å². The van der Waals surface area contributed by atoms with Gasteiger partial charge in [0, 0.05) is 36.9 Å². The van der Waals surface area contributed by atoms with Crippen LogP contribution >= 0.6 is 21.6 Å². The highest BCUT2D eigenvalue weighted by atomic mass is 33.1. The van der Waals surface area contributed by atoms with E-state index in [4.69, 9.17) is 13.3 Å². The molecule has 0 aromatic carbocycles. The molecule has 0 bridgehead atoms. The number of carbonyl (C=O) groups is 1. The second-order valence-electron chi connectivity index (χ2n) is 6.17. The van der Waals surface area contributed by atoms with E-state index in [0.717, 1.165) is 25.7 Å². The fraction of sp³-hybridized carbons (Fsp3) is 0.941. The Kier molecular flexibility index (Phi) is 12.5. The maximum Gasteiger partial charge on any atom is 0.500 e. The summed E-state index contributed by atoms with van der Waals surface area (Å²) < 4.78 is 17.5. The molecule has 0 spiro atoms. The van der Waals surface area contributed by atoms with Crippen LogP contribution in [0.3, 0.4) is 0 Å². The van der Waals surface area contributed by atoms with E-state index < -0.39 is 14.8 Å². The van der Waals surface area contributed by atoms with Gasteiger partial charge in [0.05, 0.1) is 5.92 Å². The number of hydrogen-bond donors (Lipinski definition) is 1. The van der Waals surface area contributed by atoms with E-state index in [2.05, 4.69) is 0 Å². The van der Waals surface area contributed by atoms with Crippen molar-refractivity contribution in [2.45, 2.75) is 70.6 Å². The number of rotatable bonds is 15. The summed E-state index contributed by atoms with van der Waals surface area (Å²) in [6.45, 7) is 7.51. The standard InChI is InChI=1S/C17H34O5S2Si/c1-4-20-25(21-5-2,22-6-3)14-8-10-15(17(18)19)9-7-11-16-12-13-23-24-16/h15-16H,4-14H2,1-3H3,(H,18,19). The highest BCUT2D eigenvalue weighted by Gasteiger charge is 2.40. The van der Waals surface area contributed by atoms with Crippen molar-refractivity contribution in [3.05, 3.63) is 0 Å². The van der Waals surface area contributed by atoms with Crippen LogP contribution in [0.15, 0.2) is 0 Å². The first-order valence-electron chi connectivity index (χ1n) is 9.49. The molecule has 0 aliphatic carbocycles. The summed E-state index contributed by atoms with van der Waals surface area (Å²) in [7, 11) is 1.26. The number of hydrogen-bond acceptors (Lipinski definition) is 6. The minimum Gasteiger partial charge on any atom is -0.481 e. The Hall–Kier alpha value is 0.267. The minimum atomic E-state index is -2.65. The Balaban J connectivity index is 2.41. The molecule has 0 aromatic heterocycles. The summed E-state index contributed by atoms with van der Waals surface area (Å²) in [6.07, 6.45) is 5.61. The normalized spacial score (nSPS) is 19.2. The molecule has 5 nitrogen and oxygen atoms in total. The molecule has 0 saturated carbocycles. The van der Waals surface area contributed by atoms with E-state index in [1.54, 1.807) is 0 Å². The lowest BCUT2D eigenvalue weighted by Crippen LogP contribution is -2.46. The Morgan fingerprint density at radius 3 is 2.20 bits per heavy atom. The molecule has 1 heterocycles. The minimum absolute atomic E-state index is 0.268. The van der Waals surface area contributed by atoms with Crippen molar-refractivity contribution < 1.29 is 23.2 Å². The predicted octanol–water partition coefficient (Wildman–Crippen LogP) is 4.84. The Bertz CT molecular complexity index is 350. The van der Waals surface area contributed by atoms with Crippen LogP contribution in [-0.4, -0.2) is 50.7 Å². The van der Waals surface area contributed by atoms with Crippen LogP contribution in [0.5, 0.6) is 0 Å². The van der Waals surface area contributed by atoms with Gasteiger partial charge in [0.1, 0.15) is 0 Å². The van der Waals surface area contributed by atoms with Gasteiger partial charge in [-0.1, -0.05) is 28.0 Å². The molecule has 0 radical (unpaired) electrons.